The van der Waals surface area contributed by atoms with Gasteiger partial charge in [0.2, 0.25) is 15.9 Å². The van der Waals surface area contributed by atoms with Crippen LogP contribution < -0.4 is 10.1 Å². The van der Waals surface area contributed by atoms with Crippen molar-refractivity contribution in [1.82, 2.24) is 4.31 Å². The Bertz CT molecular complexity index is 977. The average Bonchev–Trinajstić information content (AvgIpc) is 2.75. The Morgan fingerprint density at radius 3 is 2.57 bits per heavy atom. The molecular weight excluding hydrogens is 448 g/mol. The van der Waals surface area contributed by atoms with Gasteiger partial charge >= 0.3 is 0 Å². The Kier molecular flexibility index (Phi) is 8.01. The van der Waals surface area contributed by atoms with Gasteiger partial charge in [-0.1, -0.05) is 23.7 Å². The third-order valence-corrected chi connectivity index (χ3v) is 7.63. The lowest BCUT2D eigenvalue weighted by molar-refractivity contribution is -0.113. The Labute approximate surface area is 185 Å². The van der Waals surface area contributed by atoms with E-state index >= 15 is 0 Å². The third-order valence-electron chi connectivity index (χ3n) is 4.45. The Morgan fingerprint density at radius 1 is 1.20 bits per heavy atom. The molecule has 0 unspecified atom stereocenters. The van der Waals surface area contributed by atoms with Crippen LogP contribution in [0.1, 0.15) is 5.56 Å². The number of anilines is 1. The van der Waals surface area contributed by atoms with Crippen LogP contribution in [0.15, 0.2) is 47.4 Å². The molecule has 0 saturated carbocycles. The van der Waals surface area contributed by atoms with E-state index in [1.807, 2.05) is 24.3 Å². The first-order valence-corrected chi connectivity index (χ1v) is 12.3. The lowest BCUT2D eigenvalue weighted by Gasteiger charge is -2.26. The summed E-state index contributed by atoms with van der Waals surface area (Å²) < 4.78 is 37.9. The summed E-state index contributed by atoms with van der Waals surface area (Å²) in [7, 11) is -2.34. The van der Waals surface area contributed by atoms with Crippen LogP contribution in [0.5, 0.6) is 5.75 Å². The van der Waals surface area contributed by atoms with Crippen LogP contribution in [0.3, 0.4) is 0 Å². The van der Waals surface area contributed by atoms with Gasteiger partial charge in [0.15, 0.2) is 0 Å². The van der Waals surface area contributed by atoms with E-state index in [0.29, 0.717) is 29.7 Å². The number of ether oxygens (including phenoxy) is 2. The van der Waals surface area contributed by atoms with Gasteiger partial charge < -0.3 is 14.8 Å². The maximum absolute atomic E-state index is 13.0. The minimum Gasteiger partial charge on any atom is -0.495 e. The minimum atomic E-state index is -3.76. The highest BCUT2D eigenvalue weighted by atomic mass is 35.5. The van der Waals surface area contributed by atoms with Crippen LogP contribution in [0, 0.1) is 0 Å². The number of rotatable bonds is 8. The number of methoxy groups -OCH3 is 1. The highest BCUT2D eigenvalue weighted by Gasteiger charge is 2.29. The molecule has 0 bridgehead atoms. The second kappa shape index (κ2) is 10.5. The van der Waals surface area contributed by atoms with E-state index in [1.54, 1.807) is 12.1 Å². The zero-order valence-electron chi connectivity index (χ0n) is 16.5. The molecule has 10 heteroatoms. The lowest BCUT2D eigenvalue weighted by atomic mass is 10.2. The largest absolute Gasteiger partial charge is 0.495 e. The predicted molar refractivity (Wildman–Crippen MR) is 119 cm³/mol. The summed E-state index contributed by atoms with van der Waals surface area (Å²) in [5.74, 6) is 0.926. The Hall–Kier alpha value is -1.78. The van der Waals surface area contributed by atoms with E-state index in [9.17, 15) is 13.2 Å². The summed E-state index contributed by atoms with van der Waals surface area (Å²) >= 11 is 7.33. The first-order valence-electron chi connectivity index (χ1n) is 9.28. The second-order valence-electron chi connectivity index (χ2n) is 6.55. The topological polar surface area (TPSA) is 84.9 Å². The first-order chi connectivity index (χ1) is 14.4. The molecule has 7 nitrogen and oxygen atoms in total. The van der Waals surface area contributed by atoms with E-state index < -0.39 is 10.0 Å². The van der Waals surface area contributed by atoms with Crippen molar-refractivity contribution >= 4 is 45.0 Å². The molecule has 1 aliphatic rings. The first kappa shape index (κ1) is 22.9. The number of sulfonamides is 1. The number of hydrogen-bond acceptors (Lipinski definition) is 6. The number of nitrogens with zero attached hydrogens (tertiary/aromatic N) is 1. The van der Waals surface area contributed by atoms with Gasteiger partial charge in [-0.15, -0.1) is 11.8 Å². The van der Waals surface area contributed by atoms with Gasteiger partial charge in [-0.3, -0.25) is 4.79 Å². The molecule has 1 heterocycles. The number of benzene rings is 2. The van der Waals surface area contributed by atoms with Crippen molar-refractivity contribution in [2.24, 2.45) is 0 Å². The third kappa shape index (κ3) is 5.89. The molecule has 0 aromatic heterocycles. The van der Waals surface area contributed by atoms with Crippen LogP contribution in [-0.2, 0) is 25.3 Å². The highest BCUT2D eigenvalue weighted by Crippen LogP contribution is 2.30. The maximum atomic E-state index is 13.0. The Morgan fingerprint density at radius 2 is 1.90 bits per heavy atom. The van der Waals surface area contributed by atoms with Crippen LogP contribution in [-0.4, -0.2) is 57.8 Å². The smallest absolute Gasteiger partial charge is 0.246 e. The van der Waals surface area contributed by atoms with Crippen LogP contribution in [0.4, 0.5) is 5.69 Å². The second-order valence-corrected chi connectivity index (χ2v) is 9.88. The van der Waals surface area contributed by atoms with E-state index in [-0.39, 0.29) is 35.4 Å². The van der Waals surface area contributed by atoms with Gasteiger partial charge in [0.05, 0.1) is 26.1 Å². The highest BCUT2D eigenvalue weighted by molar-refractivity contribution is 7.99. The minimum absolute atomic E-state index is 0.0264. The van der Waals surface area contributed by atoms with E-state index in [1.165, 1.54) is 29.2 Å². The number of carbonyl (C=O) groups is 1. The lowest BCUT2D eigenvalue weighted by Crippen LogP contribution is -2.40. The average molecular weight is 471 g/mol. The zero-order chi connectivity index (χ0) is 21.6. The molecule has 30 heavy (non-hydrogen) atoms. The molecule has 1 fully saturated rings. The molecule has 0 spiro atoms. The molecule has 162 valence electrons. The number of thioether (sulfide) groups is 1. The molecular formula is C20H23ClN2O5S2. The number of amides is 1. The molecule has 0 radical (unpaired) electrons. The van der Waals surface area contributed by atoms with Gasteiger partial charge in [-0.2, -0.15) is 4.31 Å². The summed E-state index contributed by atoms with van der Waals surface area (Å²) in [4.78, 5) is 12.3. The monoisotopic (exact) mass is 470 g/mol. The maximum Gasteiger partial charge on any atom is 0.246 e. The van der Waals surface area contributed by atoms with Gasteiger partial charge in [0.25, 0.3) is 0 Å². The quantitative estimate of drug-likeness (QED) is 0.637. The number of halogens is 1. The molecule has 1 amide bonds. The number of morpholine rings is 1. The fourth-order valence-corrected chi connectivity index (χ4v) is 5.42. The van der Waals surface area contributed by atoms with Gasteiger partial charge in [0.1, 0.15) is 10.6 Å². The SMILES string of the molecule is COc1ccc(NC(=O)CSCc2ccc(Cl)cc2)cc1S(=O)(=O)N1CCOCC1. The summed E-state index contributed by atoms with van der Waals surface area (Å²) in [5, 5.41) is 3.43. The molecule has 2 aromatic rings. The number of nitrogens with one attached hydrogen (secondary N) is 1. The van der Waals surface area contributed by atoms with Gasteiger partial charge in [0, 0.05) is 29.6 Å². The van der Waals surface area contributed by atoms with Gasteiger partial charge in [-0.05, 0) is 35.9 Å². The molecule has 1 N–H and O–H groups in total. The van der Waals surface area contributed by atoms with Crippen molar-refractivity contribution < 1.29 is 22.7 Å². The summed E-state index contributed by atoms with van der Waals surface area (Å²) in [5.41, 5.74) is 1.47. The number of carbonyl (C=O) groups excluding carboxylic acids is 1. The van der Waals surface area contributed by atoms with Crippen LogP contribution in [0.25, 0.3) is 0 Å². The van der Waals surface area contributed by atoms with E-state index in [4.69, 9.17) is 21.1 Å². The van der Waals surface area contributed by atoms with Crippen molar-refractivity contribution in [2.45, 2.75) is 10.6 Å². The summed E-state index contributed by atoms with van der Waals surface area (Å²) in [6.07, 6.45) is 0. The molecule has 0 aliphatic carbocycles. The van der Waals surface area contributed by atoms with Crippen molar-refractivity contribution in [3.05, 3.63) is 53.1 Å². The van der Waals surface area contributed by atoms with E-state index in [2.05, 4.69) is 5.32 Å². The summed E-state index contributed by atoms with van der Waals surface area (Å²) in [6, 6.07) is 12.1. The molecule has 0 atom stereocenters. The Balaban J connectivity index is 1.65. The normalized spacial score (nSPS) is 15.0. The van der Waals surface area contributed by atoms with E-state index in [0.717, 1.165) is 5.56 Å². The van der Waals surface area contributed by atoms with Crippen molar-refractivity contribution in [2.75, 3.05) is 44.5 Å². The molecule has 1 saturated heterocycles. The number of hydrogen-bond donors (Lipinski definition) is 1. The summed E-state index contributed by atoms with van der Waals surface area (Å²) in [6.45, 7) is 1.26. The zero-order valence-corrected chi connectivity index (χ0v) is 18.9. The fourth-order valence-electron chi connectivity index (χ4n) is 2.92. The van der Waals surface area contributed by atoms with Gasteiger partial charge in [-0.25, -0.2) is 8.42 Å². The van der Waals surface area contributed by atoms with Crippen molar-refractivity contribution in [3.63, 3.8) is 0 Å². The standard InChI is InChI=1S/C20H23ClN2O5S2/c1-27-18-7-6-17(12-19(18)30(25,26)23-8-10-28-11-9-23)22-20(24)14-29-13-15-2-4-16(21)5-3-15/h2-7,12H,8-11,13-14H2,1H3,(H,22,24). The fraction of sp³-hybridized carbons (Fsp3) is 0.350. The van der Waals surface area contributed by atoms with Crippen molar-refractivity contribution in [1.29, 1.82) is 0 Å². The predicted octanol–water partition coefficient (Wildman–Crippen LogP) is 3.24. The molecule has 1 aliphatic heterocycles. The van der Waals surface area contributed by atoms with Crippen LogP contribution >= 0.6 is 23.4 Å². The molecule has 3 rings (SSSR count). The molecule has 2 aromatic carbocycles. The van der Waals surface area contributed by atoms with Crippen molar-refractivity contribution in [3.8, 4) is 5.75 Å². The van der Waals surface area contributed by atoms with Crippen LogP contribution in [0.2, 0.25) is 5.02 Å².